The quantitative estimate of drug-likeness (QED) is 0.748. The summed E-state index contributed by atoms with van der Waals surface area (Å²) in [5.41, 5.74) is 0.147. The van der Waals surface area contributed by atoms with E-state index in [0.29, 0.717) is 13.1 Å². The van der Waals surface area contributed by atoms with Crippen LogP contribution in [0.15, 0.2) is 23.1 Å². The highest BCUT2D eigenvalue weighted by Crippen LogP contribution is 2.19. The fourth-order valence-electron chi connectivity index (χ4n) is 1.42. The van der Waals surface area contributed by atoms with E-state index in [4.69, 9.17) is 16.9 Å². The van der Waals surface area contributed by atoms with E-state index in [0.717, 1.165) is 13.0 Å². The van der Waals surface area contributed by atoms with Crippen molar-refractivity contribution in [2.24, 2.45) is 0 Å². The van der Waals surface area contributed by atoms with Crippen LogP contribution in [0.3, 0.4) is 0 Å². The lowest BCUT2D eigenvalue weighted by Crippen LogP contribution is -2.32. The van der Waals surface area contributed by atoms with Gasteiger partial charge in [-0.3, -0.25) is 0 Å². The highest BCUT2D eigenvalue weighted by atomic mass is 35.5. The van der Waals surface area contributed by atoms with E-state index in [1.807, 2.05) is 13.0 Å². The predicted molar refractivity (Wildman–Crippen MR) is 74.5 cm³/mol. The Balaban J connectivity index is 2.70. The van der Waals surface area contributed by atoms with Gasteiger partial charge >= 0.3 is 0 Å². The molecule has 0 aliphatic rings. The number of sulfonamides is 1. The van der Waals surface area contributed by atoms with Crippen molar-refractivity contribution in [3.63, 3.8) is 0 Å². The summed E-state index contributed by atoms with van der Waals surface area (Å²) in [6.45, 7) is 3.74. The maximum atomic E-state index is 12.0. The summed E-state index contributed by atoms with van der Waals surface area (Å²) in [6.07, 6.45) is 0.995. The van der Waals surface area contributed by atoms with Crippen LogP contribution >= 0.6 is 11.6 Å². The molecule has 0 bridgehead atoms. The van der Waals surface area contributed by atoms with E-state index in [9.17, 15) is 8.42 Å². The van der Waals surface area contributed by atoms with Crippen LogP contribution in [0.5, 0.6) is 0 Å². The molecule has 0 spiro atoms. The van der Waals surface area contributed by atoms with Gasteiger partial charge in [0.25, 0.3) is 0 Å². The third-order valence-corrected chi connectivity index (χ3v) is 4.18. The van der Waals surface area contributed by atoms with Crippen LogP contribution in [0.2, 0.25) is 5.02 Å². The van der Waals surface area contributed by atoms with E-state index in [1.165, 1.54) is 18.2 Å². The topological polar surface area (TPSA) is 82.0 Å². The number of hydrogen-bond donors (Lipinski definition) is 2. The van der Waals surface area contributed by atoms with Crippen molar-refractivity contribution in [1.29, 1.82) is 5.26 Å². The summed E-state index contributed by atoms with van der Waals surface area (Å²) >= 11 is 5.76. The largest absolute Gasteiger partial charge is 0.315 e. The van der Waals surface area contributed by atoms with Gasteiger partial charge in [-0.1, -0.05) is 18.5 Å². The number of nitrogens with zero attached hydrogens (tertiary/aromatic N) is 1. The second kappa shape index (κ2) is 7.46. The highest BCUT2D eigenvalue weighted by molar-refractivity contribution is 7.89. The monoisotopic (exact) mass is 301 g/mol. The molecule has 2 N–H and O–H groups in total. The fourth-order valence-corrected chi connectivity index (χ4v) is 2.63. The normalized spacial score (nSPS) is 11.2. The third kappa shape index (κ3) is 4.80. The van der Waals surface area contributed by atoms with Crippen LogP contribution in [-0.4, -0.2) is 28.1 Å². The van der Waals surface area contributed by atoms with Gasteiger partial charge in [0.15, 0.2) is 0 Å². The second-order valence-corrected chi connectivity index (χ2v) is 6.08. The molecule has 1 aromatic rings. The van der Waals surface area contributed by atoms with Crippen LogP contribution in [-0.2, 0) is 10.0 Å². The molecule has 0 heterocycles. The summed E-state index contributed by atoms with van der Waals surface area (Å²) in [4.78, 5) is 0.0453. The zero-order valence-corrected chi connectivity index (χ0v) is 12.2. The van der Waals surface area contributed by atoms with Gasteiger partial charge in [0.05, 0.1) is 15.5 Å². The van der Waals surface area contributed by atoms with Crippen LogP contribution in [0.4, 0.5) is 0 Å². The average Bonchev–Trinajstić information content (AvgIpc) is 2.38. The van der Waals surface area contributed by atoms with Gasteiger partial charge in [0, 0.05) is 13.1 Å². The van der Waals surface area contributed by atoms with Gasteiger partial charge < -0.3 is 5.32 Å². The third-order valence-electron chi connectivity index (χ3n) is 2.39. The molecule has 5 nitrogen and oxygen atoms in total. The van der Waals surface area contributed by atoms with Gasteiger partial charge in [0.2, 0.25) is 10.0 Å². The van der Waals surface area contributed by atoms with Crippen LogP contribution in [0.1, 0.15) is 18.9 Å². The van der Waals surface area contributed by atoms with Crippen LogP contribution in [0.25, 0.3) is 0 Å². The highest BCUT2D eigenvalue weighted by Gasteiger charge is 2.14. The standard InChI is InChI=1S/C12H16ClN3O2S/c1-2-5-15-6-7-16-19(17,18)11-3-4-12(13)10(8-11)9-14/h3-4,8,15-16H,2,5-7H2,1H3. The molecule has 0 unspecified atom stereocenters. The smallest absolute Gasteiger partial charge is 0.240 e. The SMILES string of the molecule is CCCNCCNS(=O)(=O)c1ccc(Cl)c(C#N)c1. The second-order valence-electron chi connectivity index (χ2n) is 3.90. The molecule has 0 fully saturated rings. The van der Waals surface area contributed by atoms with Crippen LogP contribution < -0.4 is 10.0 Å². The number of rotatable bonds is 7. The van der Waals surface area contributed by atoms with Crippen LogP contribution in [0, 0.1) is 11.3 Å². The fraction of sp³-hybridized carbons (Fsp3) is 0.417. The summed E-state index contributed by atoms with van der Waals surface area (Å²) in [6, 6.07) is 5.91. The Morgan fingerprint density at radius 2 is 2.05 bits per heavy atom. The maximum absolute atomic E-state index is 12.0. The number of benzene rings is 1. The summed E-state index contributed by atoms with van der Waals surface area (Å²) < 4.78 is 26.4. The van der Waals surface area contributed by atoms with Crippen molar-refractivity contribution in [1.82, 2.24) is 10.0 Å². The minimum absolute atomic E-state index is 0.0453. The summed E-state index contributed by atoms with van der Waals surface area (Å²) in [7, 11) is -3.60. The van der Waals surface area contributed by atoms with Gasteiger partial charge in [0.1, 0.15) is 6.07 Å². The maximum Gasteiger partial charge on any atom is 0.240 e. The molecular formula is C12H16ClN3O2S. The summed E-state index contributed by atoms with van der Waals surface area (Å²) in [5, 5.41) is 12.2. The first-order valence-corrected chi connectivity index (χ1v) is 7.77. The lowest BCUT2D eigenvalue weighted by molar-refractivity contribution is 0.575. The van der Waals surface area contributed by atoms with Crippen molar-refractivity contribution in [3.8, 4) is 6.07 Å². The predicted octanol–water partition coefficient (Wildman–Crippen LogP) is 1.49. The number of nitrogens with one attached hydrogen (secondary N) is 2. The molecule has 0 aliphatic heterocycles. The number of halogens is 1. The van der Waals surface area contributed by atoms with E-state index in [2.05, 4.69) is 10.0 Å². The van der Waals surface area contributed by atoms with E-state index >= 15 is 0 Å². The lowest BCUT2D eigenvalue weighted by atomic mass is 10.2. The zero-order valence-electron chi connectivity index (χ0n) is 10.6. The van der Waals surface area contributed by atoms with E-state index in [1.54, 1.807) is 0 Å². The Hall–Kier alpha value is -1.13. The van der Waals surface area contributed by atoms with E-state index < -0.39 is 10.0 Å². The Labute approximate surface area is 118 Å². The van der Waals surface area contributed by atoms with Crippen molar-refractivity contribution in [2.75, 3.05) is 19.6 Å². The summed E-state index contributed by atoms with van der Waals surface area (Å²) in [5.74, 6) is 0. The molecule has 0 aliphatic carbocycles. The Bertz CT molecular complexity index is 567. The molecule has 0 aromatic heterocycles. The van der Waals surface area contributed by atoms with Gasteiger partial charge in [-0.2, -0.15) is 5.26 Å². The molecule has 104 valence electrons. The van der Waals surface area contributed by atoms with Crippen molar-refractivity contribution < 1.29 is 8.42 Å². The number of hydrogen-bond acceptors (Lipinski definition) is 4. The molecule has 0 atom stereocenters. The average molecular weight is 302 g/mol. The van der Waals surface area contributed by atoms with Gasteiger partial charge in [-0.25, -0.2) is 13.1 Å². The zero-order chi connectivity index (χ0) is 14.3. The molecule has 7 heteroatoms. The molecule has 0 saturated carbocycles. The lowest BCUT2D eigenvalue weighted by Gasteiger charge is -2.08. The Morgan fingerprint density at radius 3 is 2.68 bits per heavy atom. The van der Waals surface area contributed by atoms with Crippen molar-refractivity contribution in [3.05, 3.63) is 28.8 Å². The molecular weight excluding hydrogens is 286 g/mol. The molecule has 1 rings (SSSR count). The molecule has 0 amide bonds. The van der Waals surface area contributed by atoms with Gasteiger partial charge in [-0.05, 0) is 31.2 Å². The first kappa shape index (κ1) is 15.9. The molecule has 1 aromatic carbocycles. The Morgan fingerprint density at radius 1 is 1.32 bits per heavy atom. The molecule has 19 heavy (non-hydrogen) atoms. The van der Waals surface area contributed by atoms with Crippen molar-refractivity contribution >= 4 is 21.6 Å². The van der Waals surface area contributed by atoms with Gasteiger partial charge in [-0.15, -0.1) is 0 Å². The first-order valence-electron chi connectivity index (χ1n) is 5.91. The molecule has 0 saturated heterocycles. The minimum Gasteiger partial charge on any atom is -0.315 e. The first-order chi connectivity index (χ1) is 9.01. The minimum atomic E-state index is -3.60. The number of nitriles is 1. The van der Waals surface area contributed by atoms with Crippen molar-refractivity contribution in [2.45, 2.75) is 18.2 Å². The Kier molecular flexibility index (Phi) is 6.25. The van der Waals surface area contributed by atoms with E-state index in [-0.39, 0.29) is 15.5 Å². The molecule has 0 radical (unpaired) electrons.